The van der Waals surface area contributed by atoms with E-state index in [1.165, 1.54) is 13.5 Å². The van der Waals surface area contributed by atoms with Crippen molar-refractivity contribution in [3.05, 3.63) is 0 Å². The number of likely N-dealkylation sites (tertiary alicyclic amines) is 1. The number of ether oxygens (including phenoxy) is 1. The Morgan fingerprint density at radius 1 is 1.29 bits per heavy atom. The molecule has 1 N–H and O–H groups in total. The molecule has 1 saturated heterocycles. The molecule has 1 heterocycles. The summed E-state index contributed by atoms with van der Waals surface area (Å²) in [6.45, 7) is 2.28. The second-order valence-electron chi connectivity index (χ2n) is 4.71. The number of aliphatic hydroxyl groups excluding tert-OH is 1. The van der Waals surface area contributed by atoms with E-state index in [-0.39, 0.29) is 18.6 Å². The van der Waals surface area contributed by atoms with Gasteiger partial charge in [-0.05, 0) is 38.8 Å². The Morgan fingerprint density at radius 3 is 2.76 bits per heavy atom. The van der Waals surface area contributed by atoms with Gasteiger partial charge in [-0.2, -0.15) is 0 Å². The van der Waals surface area contributed by atoms with E-state index in [9.17, 15) is 4.79 Å². The smallest absolute Gasteiger partial charge is 0.323 e. The molecule has 0 amide bonds. The minimum atomic E-state index is -0.0833. The quantitative estimate of drug-likeness (QED) is 0.544. The van der Waals surface area contributed by atoms with Gasteiger partial charge in [0, 0.05) is 6.61 Å². The first-order chi connectivity index (χ1) is 8.29. The highest BCUT2D eigenvalue weighted by Gasteiger charge is 2.28. The van der Waals surface area contributed by atoms with E-state index in [0.717, 1.165) is 51.6 Å². The maximum atomic E-state index is 11.6. The highest BCUT2D eigenvalue weighted by atomic mass is 16.5. The van der Waals surface area contributed by atoms with Crippen molar-refractivity contribution in [2.24, 2.45) is 0 Å². The fourth-order valence-electron chi connectivity index (χ4n) is 2.44. The highest BCUT2D eigenvalue weighted by Crippen LogP contribution is 2.18. The Balaban J connectivity index is 2.25. The monoisotopic (exact) mass is 243 g/mol. The minimum Gasteiger partial charge on any atom is -0.468 e. The molecular weight excluding hydrogens is 218 g/mol. The van der Waals surface area contributed by atoms with Crippen LogP contribution in [0.15, 0.2) is 0 Å². The van der Waals surface area contributed by atoms with E-state index < -0.39 is 0 Å². The van der Waals surface area contributed by atoms with Crippen LogP contribution in [0, 0.1) is 0 Å². The van der Waals surface area contributed by atoms with Gasteiger partial charge in [-0.15, -0.1) is 0 Å². The Labute approximate surface area is 104 Å². The predicted molar refractivity (Wildman–Crippen MR) is 66.8 cm³/mol. The van der Waals surface area contributed by atoms with Crippen molar-refractivity contribution in [1.29, 1.82) is 0 Å². The van der Waals surface area contributed by atoms with Crippen LogP contribution in [-0.2, 0) is 9.53 Å². The lowest BCUT2D eigenvalue weighted by Crippen LogP contribution is -2.45. The Hall–Kier alpha value is -0.610. The number of hydrogen-bond donors (Lipinski definition) is 1. The number of methoxy groups -OCH3 is 1. The van der Waals surface area contributed by atoms with Crippen molar-refractivity contribution in [2.75, 3.05) is 26.8 Å². The first-order valence-corrected chi connectivity index (χ1v) is 6.72. The van der Waals surface area contributed by atoms with Gasteiger partial charge in [-0.25, -0.2) is 0 Å². The van der Waals surface area contributed by atoms with Gasteiger partial charge in [0.1, 0.15) is 6.04 Å². The van der Waals surface area contributed by atoms with Crippen LogP contribution in [0.1, 0.15) is 44.9 Å². The standard InChI is InChI=1S/C13H25NO3/c1-17-13(16)12-8-4-6-10-14(12)9-5-2-3-7-11-15/h12,15H,2-11H2,1H3/t12-/m1/s1. The van der Waals surface area contributed by atoms with Crippen LogP contribution in [0.3, 0.4) is 0 Å². The summed E-state index contributed by atoms with van der Waals surface area (Å²) in [4.78, 5) is 13.9. The zero-order valence-electron chi connectivity index (χ0n) is 10.9. The van der Waals surface area contributed by atoms with Crippen molar-refractivity contribution < 1.29 is 14.6 Å². The third-order valence-corrected chi connectivity index (χ3v) is 3.44. The first-order valence-electron chi connectivity index (χ1n) is 6.72. The number of carbonyl (C=O) groups is 1. The van der Waals surface area contributed by atoms with E-state index in [4.69, 9.17) is 9.84 Å². The van der Waals surface area contributed by atoms with Gasteiger partial charge in [0.05, 0.1) is 7.11 Å². The van der Waals surface area contributed by atoms with Crippen LogP contribution in [0.4, 0.5) is 0 Å². The number of unbranched alkanes of at least 4 members (excludes halogenated alkanes) is 3. The Kier molecular flexibility index (Phi) is 7.21. The van der Waals surface area contributed by atoms with E-state index >= 15 is 0 Å². The normalized spacial score (nSPS) is 21.4. The zero-order valence-corrected chi connectivity index (χ0v) is 10.9. The van der Waals surface area contributed by atoms with Crippen LogP contribution in [0.5, 0.6) is 0 Å². The number of esters is 1. The molecule has 0 unspecified atom stereocenters. The molecule has 0 spiro atoms. The molecule has 1 rings (SSSR count). The third kappa shape index (κ3) is 5.04. The molecule has 1 atom stereocenters. The molecule has 100 valence electrons. The van der Waals surface area contributed by atoms with Gasteiger partial charge in [-0.3, -0.25) is 9.69 Å². The van der Waals surface area contributed by atoms with Gasteiger partial charge >= 0.3 is 5.97 Å². The van der Waals surface area contributed by atoms with Crippen molar-refractivity contribution in [3.63, 3.8) is 0 Å². The van der Waals surface area contributed by atoms with Crippen molar-refractivity contribution >= 4 is 5.97 Å². The Morgan fingerprint density at radius 2 is 2.06 bits per heavy atom. The SMILES string of the molecule is COC(=O)[C@H]1CCCCN1CCCCCCO. The number of carbonyl (C=O) groups excluding carboxylic acids is 1. The minimum absolute atomic E-state index is 0.0217. The average molecular weight is 243 g/mol. The molecule has 0 aromatic carbocycles. The van der Waals surface area contributed by atoms with E-state index in [2.05, 4.69) is 4.90 Å². The molecule has 0 radical (unpaired) electrons. The topological polar surface area (TPSA) is 49.8 Å². The van der Waals surface area contributed by atoms with Gasteiger partial charge in [0.25, 0.3) is 0 Å². The molecule has 0 bridgehead atoms. The molecule has 4 nitrogen and oxygen atoms in total. The van der Waals surface area contributed by atoms with Crippen molar-refractivity contribution in [1.82, 2.24) is 4.90 Å². The van der Waals surface area contributed by atoms with Crippen LogP contribution in [0.2, 0.25) is 0 Å². The summed E-state index contributed by atoms with van der Waals surface area (Å²) in [6, 6.07) is -0.0217. The lowest BCUT2D eigenvalue weighted by atomic mass is 10.0. The molecule has 1 aliphatic rings. The number of rotatable bonds is 7. The molecule has 0 aromatic heterocycles. The Bertz CT molecular complexity index is 221. The number of piperidine rings is 1. The summed E-state index contributed by atoms with van der Waals surface area (Å²) in [5.41, 5.74) is 0. The fraction of sp³-hybridized carbons (Fsp3) is 0.923. The average Bonchev–Trinajstić information content (AvgIpc) is 2.38. The van der Waals surface area contributed by atoms with Crippen molar-refractivity contribution in [3.8, 4) is 0 Å². The summed E-state index contributed by atoms with van der Waals surface area (Å²) in [5.74, 6) is -0.0833. The van der Waals surface area contributed by atoms with Gasteiger partial charge in [0.2, 0.25) is 0 Å². The van der Waals surface area contributed by atoms with Crippen LogP contribution < -0.4 is 0 Å². The summed E-state index contributed by atoms with van der Waals surface area (Å²) in [6.07, 6.45) is 7.44. The molecule has 1 aliphatic heterocycles. The third-order valence-electron chi connectivity index (χ3n) is 3.44. The summed E-state index contributed by atoms with van der Waals surface area (Å²) < 4.78 is 4.85. The molecule has 17 heavy (non-hydrogen) atoms. The van der Waals surface area contributed by atoms with E-state index in [1.807, 2.05) is 0 Å². The number of nitrogens with zero attached hydrogens (tertiary/aromatic N) is 1. The van der Waals surface area contributed by atoms with Gasteiger partial charge < -0.3 is 9.84 Å². The fourth-order valence-corrected chi connectivity index (χ4v) is 2.44. The molecular formula is C13H25NO3. The van der Waals surface area contributed by atoms with Crippen LogP contribution in [-0.4, -0.2) is 48.8 Å². The summed E-state index contributed by atoms with van der Waals surface area (Å²) in [7, 11) is 1.47. The van der Waals surface area contributed by atoms with E-state index in [0.29, 0.717) is 0 Å². The van der Waals surface area contributed by atoms with Crippen LogP contribution in [0.25, 0.3) is 0 Å². The molecule has 1 fully saturated rings. The zero-order chi connectivity index (χ0) is 12.5. The highest BCUT2D eigenvalue weighted by molar-refractivity contribution is 5.75. The lowest BCUT2D eigenvalue weighted by molar-refractivity contribution is -0.148. The second-order valence-corrected chi connectivity index (χ2v) is 4.71. The maximum absolute atomic E-state index is 11.6. The van der Waals surface area contributed by atoms with E-state index in [1.54, 1.807) is 0 Å². The lowest BCUT2D eigenvalue weighted by Gasteiger charge is -2.33. The molecule has 0 aromatic rings. The largest absolute Gasteiger partial charge is 0.468 e. The van der Waals surface area contributed by atoms with Crippen LogP contribution >= 0.6 is 0 Å². The van der Waals surface area contributed by atoms with Gasteiger partial charge in [0.15, 0.2) is 0 Å². The molecule has 0 aliphatic carbocycles. The maximum Gasteiger partial charge on any atom is 0.323 e. The number of aliphatic hydroxyl groups is 1. The second kappa shape index (κ2) is 8.48. The summed E-state index contributed by atoms with van der Waals surface area (Å²) >= 11 is 0. The predicted octanol–water partition coefficient (Wildman–Crippen LogP) is 1.57. The molecule has 0 saturated carbocycles. The number of hydrogen-bond acceptors (Lipinski definition) is 4. The van der Waals surface area contributed by atoms with Gasteiger partial charge in [-0.1, -0.05) is 19.3 Å². The first kappa shape index (κ1) is 14.5. The molecule has 4 heteroatoms. The summed E-state index contributed by atoms with van der Waals surface area (Å²) in [5, 5.41) is 8.69. The van der Waals surface area contributed by atoms with Crippen molar-refractivity contribution in [2.45, 2.75) is 51.0 Å².